The summed E-state index contributed by atoms with van der Waals surface area (Å²) in [6.45, 7) is 5.87. The quantitative estimate of drug-likeness (QED) is 0.860. The van der Waals surface area contributed by atoms with Crippen molar-refractivity contribution in [3.8, 4) is 0 Å². The van der Waals surface area contributed by atoms with Gasteiger partial charge in [-0.25, -0.2) is 4.98 Å². The van der Waals surface area contributed by atoms with Crippen LogP contribution in [0, 0.1) is 0 Å². The number of fused-ring (bicyclic) bond motifs is 1. The van der Waals surface area contributed by atoms with Crippen LogP contribution >= 0.6 is 11.3 Å². The molecule has 0 aliphatic carbocycles. The zero-order valence-electron chi connectivity index (χ0n) is 13.1. The van der Waals surface area contributed by atoms with E-state index in [0.29, 0.717) is 12.1 Å². The van der Waals surface area contributed by atoms with Gasteiger partial charge in [-0.05, 0) is 37.8 Å². The molecule has 3 nitrogen and oxygen atoms in total. The van der Waals surface area contributed by atoms with E-state index in [4.69, 9.17) is 0 Å². The summed E-state index contributed by atoms with van der Waals surface area (Å²) in [5, 5.41) is 3.34. The molecular weight excluding hydrogens is 290 g/mol. The molecule has 1 aromatic carbocycles. The smallest absolute Gasteiger partial charge is 0.109 e. The van der Waals surface area contributed by atoms with Crippen molar-refractivity contribution in [2.24, 2.45) is 0 Å². The molecule has 2 aliphatic rings. The molecule has 0 radical (unpaired) electrons. The Hall–Kier alpha value is -1.39. The molecule has 4 heteroatoms. The van der Waals surface area contributed by atoms with Crippen LogP contribution in [0.15, 0.2) is 35.8 Å². The molecule has 1 fully saturated rings. The zero-order chi connectivity index (χ0) is 14.9. The van der Waals surface area contributed by atoms with Crippen LogP contribution in [0.2, 0.25) is 0 Å². The van der Waals surface area contributed by atoms with Crippen molar-refractivity contribution < 1.29 is 0 Å². The third kappa shape index (κ3) is 2.55. The first-order valence-corrected chi connectivity index (χ1v) is 9.19. The van der Waals surface area contributed by atoms with Crippen LogP contribution in [0.5, 0.6) is 0 Å². The molecule has 0 bridgehead atoms. The molecule has 1 saturated heterocycles. The van der Waals surface area contributed by atoms with Gasteiger partial charge in [0.25, 0.3) is 0 Å². The summed E-state index contributed by atoms with van der Waals surface area (Å²) in [4.78, 5) is 9.73. The fourth-order valence-electron chi connectivity index (χ4n) is 3.92. The molecule has 0 saturated carbocycles. The summed E-state index contributed by atoms with van der Waals surface area (Å²) in [6.07, 6.45) is 5.67. The first kappa shape index (κ1) is 14.2. The van der Waals surface area contributed by atoms with Crippen LogP contribution in [0.4, 0.5) is 5.69 Å². The molecule has 1 atom stereocenters. The van der Waals surface area contributed by atoms with E-state index >= 15 is 0 Å². The van der Waals surface area contributed by atoms with Crippen LogP contribution < -0.4 is 4.90 Å². The average Bonchev–Trinajstić information content (AvgIpc) is 3.24. The summed E-state index contributed by atoms with van der Waals surface area (Å²) in [6, 6.07) is 10.1. The van der Waals surface area contributed by atoms with Crippen molar-refractivity contribution >= 4 is 17.0 Å². The van der Waals surface area contributed by atoms with Crippen LogP contribution in [0.1, 0.15) is 36.4 Å². The van der Waals surface area contributed by atoms with E-state index in [1.807, 2.05) is 6.20 Å². The SMILES string of the molecule is CC(c1nccs1)N1CCC(N2CCc3ccccc32)CC1. The number of nitrogens with zero attached hydrogens (tertiary/aromatic N) is 3. The van der Waals surface area contributed by atoms with E-state index in [0.717, 1.165) is 0 Å². The number of likely N-dealkylation sites (tertiary alicyclic amines) is 1. The minimum atomic E-state index is 0.465. The Morgan fingerprint density at radius 3 is 2.77 bits per heavy atom. The van der Waals surface area contributed by atoms with Gasteiger partial charge in [-0.3, -0.25) is 4.90 Å². The summed E-state index contributed by atoms with van der Waals surface area (Å²) < 4.78 is 0. The van der Waals surface area contributed by atoms with E-state index in [1.165, 1.54) is 55.2 Å². The second-order valence-corrected chi connectivity index (χ2v) is 7.31. The molecule has 2 aromatic rings. The monoisotopic (exact) mass is 313 g/mol. The van der Waals surface area contributed by atoms with Gasteiger partial charge in [0.1, 0.15) is 5.01 Å². The fourth-order valence-corrected chi connectivity index (χ4v) is 4.65. The lowest BCUT2D eigenvalue weighted by Gasteiger charge is -2.40. The molecule has 1 aromatic heterocycles. The minimum absolute atomic E-state index is 0.465. The number of hydrogen-bond acceptors (Lipinski definition) is 4. The number of para-hydroxylation sites is 1. The fraction of sp³-hybridized carbons (Fsp3) is 0.500. The standard InChI is InChI=1S/C18H23N3S/c1-14(18-19-9-13-22-18)20-10-7-16(8-11-20)21-12-6-15-4-2-3-5-17(15)21/h2-5,9,13-14,16H,6-8,10-12H2,1H3. The average molecular weight is 313 g/mol. The zero-order valence-corrected chi connectivity index (χ0v) is 13.9. The number of aromatic nitrogens is 1. The third-order valence-corrected chi connectivity index (χ3v) is 6.17. The molecule has 3 heterocycles. The van der Waals surface area contributed by atoms with Gasteiger partial charge in [0.15, 0.2) is 0 Å². The summed E-state index contributed by atoms with van der Waals surface area (Å²) in [5.74, 6) is 0. The number of benzene rings is 1. The number of rotatable bonds is 3. The minimum Gasteiger partial charge on any atom is -0.368 e. The Kier molecular flexibility index (Phi) is 3.89. The van der Waals surface area contributed by atoms with Gasteiger partial charge in [-0.15, -0.1) is 11.3 Å². The van der Waals surface area contributed by atoms with Crippen molar-refractivity contribution in [2.75, 3.05) is 24.5 Å². The molecule has 1 unspecified atom stereocenters. The van der Waals surface area contributed by atoms with Gasteiger partial charge in [-0.2, -0.15) is 0 Å². The van der Waals surface area contributed by atoms with Gasteiger partial charge in [-0.1, -0.05) is 18.2 Å². The number of hydrogen-bond donors (Lipinski definition) is 0. The highest BCUT2D eigenvalue weighted by Crippen LogP contribution is 2.34. The highest BCUT2D eigenvalue weighted by atomic mass is 32.1. The van der Waals surface area contributed by atoms with E-state index in [2.05, 4.69) is 51.4 Å². The third-order valence-electron chi connectivity index (χ3n) is 5.22. The molecule has 0 N–H and O–H groups in total. The molecular formula is C18H23N3S. The summed E-state index contributed by atoms with van der Waals surface area (Å²) in [7, 11) is 0. The molecule has 2 aliphatic heterocycles. The van der Waals surface area contributed by atoms with Crippen LogP contribution in [-0.4, -0.2) is 35.6 Å². The Balaban J connectivity index is 1.41. The normalized spacial score (nSPS) is 21.0. The van der Waals surface area contributed by atoms with E-state index in [-0.39, 0.29) is 0 Å². The van der Waals surface area contributed by atoms with Crippen molar-refractivity contribution in [1.29, 1.82) is 0 Å². The Labute approximate surface area is 136 Å². The highest BCUT2D eigenvalue weighted by Gasteiger charge is 2.30. The molecule has 22 heavy (non-hydrogen) atoms. The van der Waals surface area contributed by atoms with Crippen LogP contribution in [0.25, 0.3) is 0 Å². The maximum absolute atomic E-state index is 4.48. The Bertz CT molecular complexity index is 617. The lowest BCUT2D eigenvalue weighted by Crippen LogP contribution is -2.45. The maximum atomic E-state index is 4.48. The van der Waals surface area contributed by atoms with Gasteiger partial charge in [0.05, 0.1) is 6.04 Å². The number of anilines is 1. The molecule has 116 valence electrons. The second-order valence-electron chi connectivity index (χ2n) is 6.39. The van der Waals surface area contributed by atoms with Crippen molar-refractivity contribution in [3.63, 3.8) is 0 Å². The number of thiazole rings is 1. The van der Waals surface area contributed by atoms with Gasteiger partial charge in [0, 0.05) is 42.9 Å². The van der Waals surface area contributed by atoms with E-state index in [9.17, 15) is 0 Å². The lowest BCUT2D eigenvalue weighted by molar-refractivity contribution is 0.161. The van der Waals surface area contributed by atoms with Gasteiger partial charge >= 0.3 is 0 Å². The van der Waals surface area contributed by atoms with Crippen molar-refractivity contribution in [2.45, 2.75) is 38.3 Å². The van der Waals surface area contributed by atoms with Crippen molar-refractivity contribution in [3.05, 3.63) is 46.4 Å². The predicted molar refractivity (Wildman–Crippen MR) is 92.6 cm³/mol. The highest BCUT2D eigenvalue weighted by molar-refractivity contribution is 7.09. The number of piperidine rings is 1. The second kappa shape index (κ2) is 6.01. The van der Waals surface area contributed by atoms with Gasteiger partial charge in [0.2, 0.25) is 0 Å². The van der Waals surface area contributed by atoms with Crippen LogP contribution in [0.3, 0.4) is 0 Å². The first-order valence-electron chi connectivity index (χ1n) is 8.31. The topological polar surface area (TPSA) is 19.4 Å². The Morgan fingerprint density at radius 1 is 1.18 bits per heavy atom. The molecule has 0 spiro atoms. The summed E-state index contributed by atoms with van der Waals surface area (Å²) in [5.41, 5.74) is 3.01. The first-order chi connectivity index (χ1) is 10.8. The lowest BCUT2D eigenvalue weighted by atomic mass is 10.0. The largest absolute Gasteiger partial charge is 0.368 e. The van der Waals surface area contributed by atoms with Gasteiger partial charge < -0.3 is 4.90 Å². The molecule has 0 amide bonds. The predicted octanol–water partition coefficient (Wildman–Crippen LogP) is 3.73. The van der Waals surface area contributed by atoms with E-state index < -0.39 is 0 Å². The Morgan fingerprint density at radius 2 is 2.00 bits per heavy atom. The van der Waals surface area contributed by atoms with E-state index in [1.54, 1.807) is 11.3 Å². The van der Waals surface area contributed by atoms with Crippen LogP contribution in [-0.2, 0) is 6.42 Å². The summed E-state index contributed by atoms with van der Waals surface area (Å²) >= 11 is 1.78. The van der Waals surface area contributed by atoms with Crippen molar-refractivity contribution in [1.82, 2.24) is 9.88 Å². The molecule has 4 rings (SSSR count). The maximum Gasteiger partial charge on any atom is 0.109 e.